The van der Waals surface area contributed by atoms with Crippen LogP contribution >= 0.6 is 0 Å². The Balaban J connectivity index is 2.30. The lowest BCUT2D eigenvalue weighted by molar-refractivity contribution is -0.0102. The van der Waals surface area contributed by atoms with E-state index in [4.69, 9.17) is 4.74 Å². The summed E-state index contributed by atoms with van der Waals surface area (Å²) in [4.78, 5) is 13.5. The van der Waals surface area contributed by atoms with E-state index in [-0.39, 0.29) is 24.9 Å². The SMILES string of the molecule is COC(=O)c1cc(C)nnc1N1CCCC(F)(F)CC1. The van der Waals surface area contributed by atoms with Crippen LogP contribution in [0.1, 0.15) is 35.3 Å². The zero-order valence-electron chi connectivity index (χ0n) is 11.5. The topological polar surface area (TPSA) is 55.3 Å². The van der Waals surface area contributed by atoms with Crippen LogP contribution in [0.2, 0.25) is 0 Å². The molecule has 1 aliphatic rings. The van der Waals surface area contributed by atoms with Gasteiger partial charge in [0.25, 0.3) is 0 Å². The fourth-order valence-electron chi connectivity index (χ4n) is 2.25. The van der Waals surface area contributed by atoms with Crippen LogP contribution in [0.15, 0.2) is 6.07 Å². The number of aryl methyl sites for hydroxylation is 1. The number of anilines is 1. The van der Waals surface area contributed by atoms with Gasteiger partial charge in [-0.1, -0.05) is 0 Å². The summed E-state index contributed by atoms with van der Waals surface area (Å²) in [5, 5.41) is 7.90. The number of hydrogen-bond donors (Lipinski definition) is 0. The molecule has 0 atom stereocenters. The number of carbonyl (C=O) groups excluding carboxylic acids is 1. The number of aromatic nitrogens is 2. The largest absolute Gasteiger partial charge is 0.465 e. The molecule has 0 aromatic carbocycles. The lowest BCUT2D eigenvalue weighted by atomic mass is 10.1. The van der Waals surface area contributed by atoms with Crippen molar-refractivity contribution in [2.45, 2.75) is 32.1 Å². The lowest BCUT2D eigenvalue weighted by Gasteiger charge is -2.22. The van der Waals surface area contributed by atoms with Crippen LogP contribution in [0.5, 0.6) is 0 Å². The smallest absolute Gasteiger partial charge is 0.341 e. The predicted molar refractivity (Wildman–Crippen MR) is 69.1 cm³/mol. The molecule has 0 unspecified atom stereocenters. The minimum atomic E-state index is -2.65. The molecule has 2 heterocycles. The molecular formula is C13H17F2N3O2. The van der Waals surface area contributed by atoms with Crippen molar-refractivity contribution in [3.8, 4) is 0 Å². The minimum Gasteiger partial charge on any atom is -0.465 e. The molecule has 5 nitrogen and oxygen atoms in total. The molecule has 0 bridgehead atoms. The van der Waals surface area contributed by atoms with E-state index in [1.165, 1.54) is 7.11 Å². The minimum absolute atomic E-state index is 0.143. The molecular weight excluding hydrogens is 268 g/mol. The summed E-state index contributed by atoms with van der Waals surface area (Å²) >= 11 is 0. The van der Waals surface area contributed by atoms with Crippen molar-refractivity contribution in [1.82, 2.24) is 10.2 Å². The van der Waals surface area contributed by atoms with Crippen LogP contribution in [-0.4, -0.2) is 42.3 Å². The average Bonchev–Trinajstić information content (AvgIpc) is 2.59. The second kappa shape index (κ2) is 5.68. The van der Waals surface area contributed by atoms with Crippen molar-refractivity contribution in [2.24, 2.45) is 0 Å². The monoisotopic (exact) mass is 285 g/mol. The van der Waals surface area contributed by atoms with Crippen molar-refractivity contribution in [2.75, 3.05) is 25.1 Å². The fraction of sp³-hybridized carbons (Fsp3) is 0.615. The summed E-state index contributed by atoms with van der Waals surface area (Å²) in [5.74, 6) is -2.87. The predicted octanol–water partition coefficient (Wildman–Crippen LogP) is 2.20. The molecule has 0 aliphatic carbocycles. The van der Waals surface area contributed by atoms with Gasteiger partial charge < -0.3 is 9.64 Å². The molecule has 1 aliphatic heterocycles. The van der Waals surface area contributed by atoms with Crippen LogP contribution < -0.4 is 4.90 Å². The van der Waals surface area contributed by atoms with Gasteiger partial charge in [-0.15, -0.1) is 5.10 Å². The Hall–Kier alpha value is -1.79. The molecule has 0 spiro atoms. The molecule has 0 amide bonds. The van der Waals surface area contributed by atoms with Gasteiger partial charge in [-0.25, -0.2) is 13.6 Å². The van der Waals surface area contributed by atoms with E-state index in [2.05, 4.69) is 10.2 Å². The molecule has 0 radical (unpaired) electrons. The van der Waals surface area contributed by atoms with Crippen LogP contribution in [0.4, 0.5) is 14.6 Å². The Morgan fingerprint density at radius 3 is 2.80 bits per heavy atom. The van der Waals surface area contributed by atoms with E-state index in [0.29, 0.717) is 24.5 Å². The van der Waals surface area contributed by atoms with E-state index in [1.807, 2.05) is 0 Å². The average molecular weight is 285 g/mol. The number of esters is 1. The van der Waals surface area contributed by atoms with Crippen LogP contribution in [0, 0.1) is 6.92 Å². The van der Waals surface area contributed by atoms with Gasteiger partial charge in [0.05, 0.1) is 12.8 Å². The highest BCUT2D eigenvalue weighted by molar-refractivity contribution is 5.94. The third-order valence-corrected chi connectivity index (χ3v) is 3.32. The van der Waals surface area contributed by atoms with Crippen LogP contribution in [0.25, 0.3) is 0 Å². The number of halogens is 2. The first-order valence-corrected chi connectivity index (χ1v) is 6.48. The van der Waals surface area contributed by atoms with Gasteiger partial charge in [-0.2, -0.15) is 5.10 Å². The van der Waals surface area contributed by atoms with Gasteiger partial charge in [-0.05, 0) is 19.4 Å². The summed E-state index contributed by atoms with van der Waals surface area (Å²) < 4.78 is 31.5. The van der Waals surface area contributed by atoms with Crippen molar-refractivity contribution >= 4 is 11.8 Å². The quantitative estimate of drug-likeness (QED) is 0.780. The van der Waals surface area contributed by atoms with Crippen molar-refractivity contribution in [3.05, 3.63) is 17.3 Å². The van der Waals surface area contributed by atoms with Crippen LogP contribution in [-0.2, 0) is 4.74 Å². The number of carbonyl (C=O) groups is 1. The maximum atomic E-state index is 13.4. The Morgan fingerprint density at radius 1 is 1.35 bits per heavy atom. The Morgan fingerprint density at radius 2 is 2.10 bits per heavy atom. The highest BCUT2D eigenvalue weighted by Crippen LogP contribution is 2.30. The van der Waals surface area contributed by atoms with E-state index >= 15 is 0 Å². The first kappa shape index (κ1) is 14.6. The summed E-state index contributed by atoms with van der Waals surface area (Å²) in [6.07, 6.45) is -0.0390. The van der Waals surface area contributed by atoms with E-state index in [9.17, 15) is 13.6 Å². The first-order chi connectivity index (χ1) is 9.43. The van der Waals surface area contributed by atoms with Crippen molar-refractivity contribution in [3.63, 3.8) is 0 Å². The molecule has 20 heavy (non-hydrogen) atoms. The van der Waals surface area contributed by atoms with Gasteiger partial charge in [0, 0.05) is 25.9 Å². The maximum absolute atomic E-state index is 13.4. The lowest BCUT2D eigenvalue weighted by Crippen LogP contribution is -2.29. The standard InChI is InChI=1S/C13H17F2N3O2/c1-9-8-10(12(19)20-2)11(17-16-9)18-6-3-4-13(14,15)5-7-18/h8H,3-7H2,1-2H3. The third kappa shape index (κ3) is 3.20. The fourth-order valence-corrected chi connectivity index (χ4v) is 2.25. The van der Waals surface area contributed by atoms with E-state index < -0.39 is 11.9 Å². The molecule has 0 N–H and O–H groups in total. The van der Waals surface area contributed by atoms with Crippen molar-refractivity contribution < 1.29 is 18.3 Å². The number of hydrogen-bond acceptors (Lipinski definition) is 5. The normalized spacial score (nSPS) is 18.5. The van der Waals surface area contributed by atoms with Gasteiger partial charge >= 0.3 is 5.97 Å². The highest BCUT2D eigenvalue weighted by atomic mass is 19.3. The van der Waals surface area contributed by atoms with Gasteiger partial charge in [0.1, 0.15) is 5.56 Å². The molecule has 1 fully saturated rings. The zero-order valence-corrected chi connectivity index (χ0v) is 11.5. The Labute approximate surface area is 115 Å². The zero-order chi connectivity index (χ0) is 14.8. The van der Waals surface area contributed by atoms with Gasteiger partial charge in [-0.3, -0.25) is 0 Å². The maximum Gasteiger partial charge on any atom is 0.341 e. The van der Waals surface area contributed by atoms with E-state index in [0.717, 1.165) is 0 Å². The summed E-state index contributed by atoms with van der Waals surface area (Å²) in [5.41, 5.74) is 0.847. The molecule has 7 heteroatoms. The summed E-state index contributed by atoms with van der Waals surface area (Å²) in [6.45, 7) is 2.28. The molecule has 110 valence electrons. The number of nitrogens with zero attached hydrogens (tertiary/aromatic N) is 3. The summed E-state index contributed by atoms with van der Waals surface area (Å²) in [7, 11) is 1.28. The number of methoxy groups -OCH3 is 1. The second-order valence-corrected chi connectivity index (χ2v) is 4.91. The summed E-state index contributed by atoms with van der Waals surface area (Å²) in [6, 6.07) is 1.57. The molecule has 1 aromatic heterocycles. The number of rotatable bonds is 2. The van der Waals surface area contributed by atoms with E-state index in [1.54, 1.807) is 17.9 Å². The second-order valence-electron chi connectivity index (χ2n) is 4.91. The Kier molecular flexibility index (Phi) is 4.15. The van der Waals surface area contributed by atoms with Crippen molar-refractivity contribution in [1.29, 1.82) is 0 Å². The van der Waals surface area contributed by atoms with Crippen LogP contribution in [0.3, 0.4) is 0 Å². The van der Waals surface area contributed by atoms with Gasteiger partial charge in [0.15, 0.2) is 5.82 Å². The third-order valence-electron chi connectivity index (χ3n) is 3.32. The Bertz CT molecular complexity index is 508. The van der Waals surface area contributed by atoms with Gasteiger partial charge in [0.2, 0.25) is 5.92 Å². The molecule has 1 saturated heterocycles. The number of alkyl halides is 2. The highest BCUT2D eigenvalue weighted by Gasteiger charge is 2.33. The molecule has 2 rings (SSSR count). The number of ether oxygens (including phenoxy) is 1. The first-order valence-electron chi connectivity index (χ1n) is 6.48. The molecule has 0 saturated carbocycles. The molecule has 1 aromatic rings.